The smallest absolute Gasteiger partial charge is 0.239 e. The molecule has 19 heavy (non-hydrogen) atoms. The van der Waals surface area contributed by atoms with Gasteiger partial charge in [0.15, 0.2) is 10.8 Å². The molecule has 7 heteroatoms. The molecule has 2 heterocycles. The third-order valence-corrected chi connectivity index (χ3v) is 3.48. The van der Waals surface area contributed by atoms with E-state index < -0.39 is 0 Å². The summed E-state index contributed by atoms with van der Waals surface area (Å²) in [5, 5.41) is 4.83. The van der Waals surface area contributed by atoms with Crippen LogP contribution in [0.1, 0.15) is 19.5 Å². The van der Waals surface area contributed by atoms with Crippen molar-refractivity contribution in [3.05, 3.63) is 17.3 Å². The largest absolute Gasteiger partial charge is 0.352 e. The van der Waals surface area contributed by atoms with Gasteiger partial charge < -0.3 is 16.0 Å². The monoisotopic (exact) mass is 281 g/mol. The molecular formula is C12H19N5OS. The summed E-state index contributed by atoms with van der Waals surface area (Å²) in [6.45, 7) is 4.55. The highest BCUT2D eigenvalue weighted by Gasteiger charge is 2.17. The molecule has 0 aliphatic heterocycles. The highest BCUT2D eigenvalue weighted by molar-refractivity contribution is 7.15. The maximum absolute atomic E-state index is 11.8. The number of nitrogens with zero attached hydrogens (tertiary/aromatic N) is 3. The van der Waals surface area contributed by atoms with E-state index >= 15 is 0 Å². The summed E-state index contributed by atoms with van der Waals surface area (Å²) < 4.78 is 1.97. The molecule has 0 fully saturated rings. The lowest BCUT2D eigenvalue weighted by Gasteiger charge is -2.18. The van der Waals surface area contributed by atoms with Crippen LogP contribution in [0.3, 0.4) is 0 Å². The Morgan fingerprint density at radius 3 is 3.00 bits per heavy atom. The summed E-state index contributed by atoms with van der Waals surface area (Å²) in [7, 11) is 1.85. The number of carbonyl (C=O) groups excluding carboxylic acids is 1. The third kappa shape index (κ3) is 2.87. The summed E-state index contributed by atoms with van der Waals surface area (Å²) in [6.07, 6.45) is 1.95. The molecule has 2 aromatic rings. The molecule has 2 rings (SSSR count). The first-order valence-electron chi connectivity index (χ1n) is 6.18. The van der Waals surface area contributed by atoms with E-state index in [1.807, 2.05) is 41.8 Å². The molecule has 6 nitrogen and oxygen atoms in total. The molecule has 0 saturated carbocycles. The Hall–Kier alpha value is -1.60. The normalized spacial score (nSPS) is 11.2. The maximum Gasteiger partial charge on any atom is 0.239 e. The van der Waals surface area contributed by atoms with Gasteiger partial charge in [-0.1, -0.05) is 0 Å². The fourth-order valence-electron chi connectivity index (χ4n) is 1.97. The minimum absolute atomic E-state index is 0.0168. The van der Waals surface area contributed by atoms with Gasteiger partial charge in [0.1, 0.15) is 0 Å². The number of hydrogen-bond donors (Lipinski definition) is 2. The van der Waals surface area contributed by atoms with E-state index in [1.54, 1.807) is 11.3 Å². The number of nitrogens with one attached hydrogen (secondary N) is 1. The van der Waals surface area contributed by atoms with Crippen molar-refractivity contribution in [2.45, 2.75) is 26.4 Å². The average Bonchev–Trinajstić information content (AvgIpc) is 2.86. The molecule has 104 valence electrons. The van der Waals surface area contributed by atoms with Gasteiger partial charge in [0.05, 0.1) is 12.2 Å². The van der Waals surface area contributed by atoms with Crippen LogP contribution in [0, 0.1) is 0 Å². The fraction of sp³-hybridized carbons (Fsp3) is 0.500. The lowest BCUT2D eigenvalue weighted by Crippen LogP contribution is -2.39. The zero-order chi connectivity index (χ0) is 14.0. The van der Waals surface area contributed by atoms with Gasteiger partial charge in [0, 0.05) is 31.2 Å². The molecule has 0 atom stereocenters. The van der Waals surface area contributed by atoms with Crippen molar-refractivity contribution in [2.24, 2.45) is 5.73 Å². The summed E-state index contributed by atoms with van der Waals surface area (Å²) in [5.41, 5.74) is 6.71. The maximum atomic E-state index is 11.8. The first-order chi connectivity index (χ1) is 9.02. The van der Waals surface area contributed by atoms with E-state index in [2.05, 4.69) is 10.3 Å². The second-order valence-corrected chi connectivity index (χ2v) is 5.59. The second-order valence-electron chi connectivity index (χ2n) is 4.72. The van der Waals surface area contributed by atoms with E-state index in [4.69, 9.17) is 5.73 Å². The molecule has 3 N–H and O–H groups in total. The molecule has 0 aliphatic carbocycles. The van der Waals surface area contributed by atoms with E-state index in [0.29, 0.717) is 6.54 Å². The molecule has 0 spiro atoms. The number of hydrogen-bond acceptors (Lipinski definition) is 5. The molecule has 0 bridgehead atoms. The van der Waals surface area contributed by atoms with Crippen LogP contribution in [-0.2, 0) is 11.3 Å². The summed E-state index contributed by atoms with van der Waals surface area (Å²) in [6, 6.07) is 0.139. The first-order valence-corrected chi connectivity index (χ1v) is 7.06. The number of nitrogens with two attached hydrogens (primary N) is 1. The van der Waals surface area contributed by atoms with E-state index in [9.17, 15) is 4.79 Å². The Morgan fingerprint density at radius 1 is 1.63 bits per heavy atom. The number of likely N-dealkylation sites (N-methyl/N-ethyl adjacent to an activating group) is 1. The number of imidazole rings is 1. The van der Waals surface area contributed by atoms with Crippen LogP contribution in [0.25, 0.3) is 4.96 Å². The van der Waals surface area contributed by atoms with Crippen LogP contribution < -0.4 is 16.0 Å². The third-order valence-electron chi connectivity index (χ3n) is 2.73. The molecule has 0 radical (unpaired) electrons. The minimum atomic E-state index is -0.0168. The predicted octanol–water partition coefficient (Wildman–Crippen LogP) is 0.815. The van der Waals surface area contributed by atoms with E-state index in [1.165, 1.54) is 0 Å². The number of thiazole rings is 1. The quantitative estimate of drug-likeness (QED) is 0.850. The van der Waals surface area contributed by atoms with Gasteiger partial charge in [0.25, 0.3) is 0 Å². The lowest BCUT2D eigenvalue weighted by molar-refractivity contribution is -0.120. The Labute approximate surface area is 116 Å². The Balaban J connectivity index is 2.18. The number of fused-ring (bicyclic) bond motifs is 1. The van der Waals surface area contributed by atoms with Gasteiger partial charge in [-0.15, -0.1) is 11.3 Å². The van der Waals surface area contributed by atoms with Crippen LogP contribution in [-0.4, -0.2) is 34.9 Å². The standard InChI is InChI=1S/C12H19N5OS/c1-8(2)14-10(18)7-16(3)11-9(6-13)17-4-5-19-12(17)15-11/h4-5,8H,6-7,13H2,1-3H3,(H,14,18). The fourth-order valence-corrected chi connectivity index (χ4v) is 2.70. The second kappa shape index (κ2) is 5.58. The highest BCUT2D eigenvalue weighted by Crippen LogP contribution is 2.23. The van der Waals surface area contributed by atoms with Crippen LogP contribution in [0.5, 0.6) is 0 Å². The number of aromatic nitrogens is 2. The molecule has 0 aromatic carbocycles. The molecule has 0 unspecified atom stereocenters. The SMILES string of the molecule is CC(C)NC(=O)CN(C)c1nc2sccn2c1CN. The topological polar surface area (TPSA) is 75.7 Å². The molecular weight excluding hydrogens is 262 g/mol. The van der Waals surface area contributed by atoms with E-state index in [0.717, 1.165) is 16.5 Å². The van der Waals surface area contributed by atoms with Crippen molar-refractivity contribution in [3.8, 4) is 0 Å². The Bertz CT molecular complexity index is 574. The van der Waals surface area contributed by atoms with Crippen molar-refractivity contribution in [2.75, 3.05) is 18.5 Å². The zero-order valence-electron chi connectivity index (χ0n) is 11.4. The van der Waals surface area contributed by atoms with Crippen molar-refractivity contribution >= 4 is 28.0 Å². The summed E-state index contributed by atoms with van der Waals surface area (Å²) in [5.74, 6) is 0.755. The van der Waals surface area contributed by atoms with Crippen LogP contribution >= 0.6 is 11.3 Å². The van der Waals surface area contributed by atoms with Crippen LogP contribution in [0.2, 0.25) is 0 Å². The molecule has 2 aromatic heterocycles. The van der Waals surface area contributed by atoms with Gasteiger partial charge in [0.2, 0.25) is 5.91 Å². The van der Waals surface area contributed by atoms with Crippen molar-refractivity contribution in [1.29, 1.82) is 0 Å². The van der Waals surface area contributed by atoms with Crippen LogP contribution in [0.4, 0.5) is 5.82 Å². The van der Waals surface area contributed by atoms with Gasteiger partial charge >= 0.3 is 0 Å². The van der Waals surface area contributed by atoms with Gasteiger partial charge in [-0.05, 0) is 13.8 Å². The summed E-state index contributed by atoms with van der Waals surface area (Å²) in [4.78, 5) is 19.0. The molecule has 1 amide bonds. The average molecular weight is 281 g/mol. The van der Waals surface area contributed by atoms with Gasteiger partial charge in [-0.2, -0.15) is 0 Å². The van der Waals surface area contributed by atoms with Crippen molar-refractivity contribution < 1.29 is 4.79 Å². The van der Waals surface area contributed by atoms with Gasteiger partial charge in [-0.25, -0.2) is 4.98 Å². The Morgan fingerprint density at radius 2 is 2.37 bits per heavy atom. The van der Waals surface area contributed by atoms with Crippen LogP contribution in [0.15, 0.2) is 11.6 Å². The van der Waals surface area contributed by atoms with Crippen molar-refractivity contribution in [1.82, 2.24) is 14.7 Å². The lowest BCUT2D eigenvalue weighted by atomic mass is 10.3. The highest BCUT2D eigenvalue weighted by atomic mass is 32.1. The number of carbonyl (C=O) groups is 1. The summed E-state index contributed by atoms with van der Waals surface area (Å²) >= 11 is 1.55. The number of anilines is 1. The number of rotatable bonds is 5. The van der Waals surface area contributed by atoms with E-state index in [-0.39, 0.29) is 18.5 Å². The van der Waals surface area contributed by atoms with Crippen molar-refractivity contribution in [3.63, 3.8) is 0 Å². The zero-order valence-corrected chi connectivity index (χ0v) is 12.2. The Kier molecular flexibility index (Phi) is 4.06. The number of amides is 1. The minimum Gasteiger partial charge on any atom is -0.352 e. The predicted molar refractivity (Wildman–Crippen MR) is 77.5 cm³/mol. The molecule has 0 saturated heterocycles. The van der Waals surface area contributed by atoms with Gasteiger partial charge in [-0.3, -0.25) is 9.20 Å². The molecule has 0 aliphatic rings. The first kappa shape index (κ1) is 13.8.